The number of ether oxygens (including phenoxy) is 1. The molecule has 7 heteroatoms. The number of H-pyrrole nitrogens is 1. The van der Waals surface area contributed by atoms with Crippen molar-refractivity contribution in [3.63, 3.8) is 0 Å². The lowest BCUT2D eigenvalue weighted by Crippen LogP contribution is -2.27. The Kier molecular flexibility index (Phi) is 5.47. The monoisotopic (exact) mass is 328 g/mol. The lowest BCUT2D eigenvalue weighted by atomic mass is 10.1. The zero-order chi connectivity index (χ0) is 17.7. The summed E-state index contributed by atoms with van der Waals surface area (Å²) < 4.78 is 5.10. The van der Waals surface area contributed by atoms with Crippen molar-refractivity contribution in [1.82, 2.24) is 15.4 Å². The number of methoxy groups -OCH3 is 1. The van der Waals surface area contributed by atoms with E-state index in [1.807, 2.05) is 24.3 Å². The fourth-order valence-corrected chi connectivity index (χ4v) is 2.20. The molecule has 0 unspecified atom stereocenters. The van der Waals surface area contributed by atoms with Crippen molar-refractivity contribution in [2.45, 2.75) is 27.2 Å². The fourth-order valence-electron chi connectivity index (χ4n) is 2.20. The van der Waals surface area contributed by atoms with Crippen LogP contribution in [0.25, 0.3) is 0 Å². The van der Waals surface area contributed by atoms with Gasteiger partial charge in [0.15, 0.2) is 0 Å². The van der Waals surface area contributed by atoms with Crippen molar-refractivity contribution in [2.24, 2.45) is 5.10 Å². The van der Waals surface area contributed by atoms with Crippen LogP contribution in [0.3, 0.4) is 0 Å². The van der Waals surface area contributed by atoms with Crippen molar-refractivity contribution in [2.75, 3.05) is 7.11 Å². The highest BCUT2D eigenvalue weighted by Crippen LogP contribution is 2.11. The molecule has 1 amide bonds. The van der Waals surface area contributed by atoms with Crippen LogP contribution in [0.1, 0.15) is 29.6 Å². The van der Waals surface area contributed by atoms with E-state index in [0.717, 1.165) is 11.3 Å². The number of amides is 1. The van der Waals surface area contributed by atoms with Crippen molar-refractivity contribution < 1.29 is 9.53 Å². The number of aromatic amines is 1. The van der Waals surface area contributed by atoms with Crippen molar-refractivity contribution in [1.29, 1.82) is 0 Å². The molecular weight excluding hydrogens is 308 g/mol. The van der Waals surface area contributed by atoms with Crippen LogP contribution in [-0.4, -0.2) is 28.7 Å². The molecule has 1 aromatic carbocycles. The summed E-state index contributed by atoms with van der Waals surface area (Å²) in [5, 5.41) is 4.07. The molecule has 2 N–H and O–H groups in total. The highest BCUT2D eigenvalue weighted by atomic mass is 16.5. The van der Waals surface area contributed by atoms with Gasteiger partial charge in [-0.15, -0.1) is 0 Å². The first kappa shape index (κ1) is 17.4. The second-order valence-corrected chi connectivity index (χ2v) is 5.35. The third kappa shape index (κ3) is 4.28. The van der Waals surface area contributed by atoms with Gasteiger partial charge in [0.2, 0.25) is 5.91 Å². The molecule has 0 aliphatic carbocycles. The van der Waals surface area contributed by atoms with Gasteiger partial charge >= 0.3 is 0 Å². The van der Waals surface area contributed by atoms with E-state index in [-0.39, 0.29) is 17.9 Å². The smallest absolute Gasteiger partial charge is 0.254 e. The molecule has 0 saturated heterocycles. The lowest BCUT2D eigenvalue weighted by molar-refractivity contribution is -0.120. The molecule has 0 aliphatic rings. The van der Waals surface area contributed by atoms with Gasteiger partial charge in [-0.05, 0) is 50.6 Å². The maximum absolute atomic E-state index is 12.0. The van der Waals surface area contributed by atoms with Gasteiger partial charge < -0.3 is 9.72 Å². The number of hydrogen-bond donors (Lipinski definition) is 2. The van der Waals surface area contributed by atoms with Gasteiger partial charge in [-0.1, -0.05) is 0 Å². The molecule has 2 aromatic rings. The largest absolute Gasteiger partial charge is 0.497 e. The van der Waals surface area contributed by atoms with Crippen molar-refractivity contribution in [3.8, 4) is 5.75 Å². The molecule has 0 fully saturated rings. The number of hydrogen-bond acceptors (Lipinski definition) is 5. The minimum absolute atomic E-state index is 0.0756. The zero-order valence-electron chi connectivity index (χ0n) is 14.1. The number of aromatic nitrogens is 2. The lowest BCUT2D eigenvalue weighted by Gasteiger charge is -2.06. The number of nitrogens with zero attached hydrogens (tertiary/aromatic N) is 2. The second kappa shape index (κ2) is 7.54. The fraction of sp³-hybridized carbons (Fsp3) is 0.294. The van der Waals surface area contributed by atoms with Gasteiger partial charge in [0, 0.05) is 11.3 Å². The summed E-state index contributed by atoms with van der Waals surface area (Å²) >= 11 is 0. The molecule has 0 spiro atoms. The van der Waals surface area contributed by atoms with Gasteiger partial charge in [-0.2, -0.15) is 5.10 Å². The SMILES string of the molecule is COc1ccc(/C(C)=N\NC(=O)Cc2c(C)nc(C)[nH]c2=O)cc1. The average Bonchev–Trinajstić information content (AvgIpc) is 2.56. The third-order valence-electron chi connectivity index (χ3n) is 3.53. The van der Waals surface area contributed by atoms with Crippen molar-refractivity contribution in [3.05, 3.63) is 57.3 Å². The highest BCUT2D eigenvalue weighted by Gasteiger charge is 2.11. The minimum Gasteiger partial charge on any atom is -0.497 e. The first-order chi connectivity index (χ1) is 11.4. The van der Waals surface area contributed by atoms with Gasteiger partial charge in [-0.25, -0.2) is 10.4 Å². The van der Waals surface area contributed by atoms with E-state index in [2.05, 4.69) is 20.5 Å². The average molecular weight is 328 g/mol. The Morgan fingerprint density at radius 3 is 2.54 bits per heavy atom. The molecule has 24 heavy (non-hydrogen) atoms. The maximum Gasteiger partial charge on any atom is 0.254 e. The van der Waals surface area contributed by atoms with E-state index >= 15 is 0 Å². The standard InChI is InChI=1S/C17H20N4O3/c1-10(13-5-7-14(24-4)8-6-13)20-21-16(22)9-15-11(2)18-12(3)19-17(15)23/h5-8H,9H2,1-4H3,(H,21,22)(H,18,19,23)/b20-10-. The van der Waals surface area contributed by atoms with Crippen LogP contribution < -0.4 is 15.7 Å². The third-order valence-corrected chi connectivity index (χ3v) is 3.53. The molecule has 0 saturated carbocycles. The van der Waals surface area contributed by atoms with Crippen LogP contribution in [0.15, 0.2) is 34.2 Å². The van der Waals surface area contributed by atoms with Crippen LogP contribution in [0.4, 0.5) is 0 Å². The predicted molar refractivity (Wildman–Crippen MR) is 91.4 cm³/mol. The number of rotatable bonds is 5. The Bertz CT molecular complexity index is 823. The topological polar surface area (TPSA) is 96.4 Å². The van der Waals surface area contributed by atoms with Crippen LogP contribution in [0.2, 0.25) is 0 Å². The molecule has 0 bridgehead atoms. The summed E-state index contributed by atoms with van der Waals surface area (Å²) in [5.41, 5.74) is 4.57. The summed E-state index contributed by atoms with van der Waals surface area (Å²) in [7, 11) is 1.60. The van der Waals surface area contributed by atoms with Gasteiger partial charge in [0.05, 0.1) is 19.2 Å². The molecule has 7 nitrogen and oxygen atoms in total. The minimum atomic E-state index is -0.373. The van der Waals surface area contributed by atoms with Gasteiger partial charge in [0.1, 0.15) is 11.6 Å². The molecule has 0 atom stereocenters. The van der Waals surface area contributed by atoms with Crippen LogP contribution in [0.5, 0.6) is 5.75 Å². The highest BCUT2D eigenvalue weighted by molar-refractivity contribution is 5.99. The molecule has 1 heterocycles. The number of carbonyl (C=O) groups is 1. The number of hydrazone groups is 1. The Labute approximate surface area is 139 Å². The van der Waals surface area contributed by atoms with Gasteiger partial charge in [0.25, 0.3) is 5.56 Å². The Balaban J connectivity index is 2.05. The van der Waals surface area contributed by atoms with E-state index < -0.39 is 0 Å². The quantitative estimate of drug-likeness (QED) is 0.642. The van der Waals surface area contributed by atoms with E-state index in [0.29, 0.717) is 22.8 Å². The first-order valence-electron chi connectivity index (χ1n) is 7.44. The van der Waals surface area contributed by atoms with Crippen LogP contribution >= 0.6 is 0 Å². The predicted octanol–water partition coefficient (Wildman–Crippen LogP) is 1.48. The van der Waals surface area contributed by atoms with Crippen LogP contribution in [-0.2, 0) is 11.2 Å². The summed E-state index contributed by atoms with van der Waals surface area (Å²) in [6, 6.07) is 7.33. The molecular formula is C17H20N4O3. The number of nitrogens with one attached hydrogen (secondary N) is 2. The summed E-state index contributed by atoms with van der Waals surface area (Å²) in [5.74, 6) is 0.898. The molecule has 0 radical (unpaired) electrons. The zero-order valence-corrected chi connectivity index (χ0v) is 14.1. The molecule has 0 aliphatic heterocycles. The normalized spacial score (nSPS) is 11.2. The Hall–Kier alpha value is -2.96. The summed E-state index contributed by atoms with van der Waals surface area (Å²) in [4.78, 5) is 30.7. The Morgan fingerprint density at radius 2 is 1.96 bits per heavy atom. The van der Waals surface area contributed by atoms with Crippen molar-refractivity contribution >= 4 is 11.6 Å². The van der Waals surface area contributed by atoms with E-state index in [9.17, 15) is 9.59 Å². The molecule has 1 aromatic heterocycles. The van der Waals surface area contributed by atoms with E-state index in [4.69, 9.17) is 4.74 Å². The summed E-state index contributed by atoms with van der Waals surface area (Å²) in [6.07, 6.45) is -0.0756. The Morgan fingerprint density at radius 1 is 1.29 bits per heavy atom. The number of carbonyl (C=O) groups excluding carboxylic acids is 1. The second-order valence-electron chi connectivity index (χ2n) is 5.35. The first-order valence-corrected chi connectivity index (χ1v) is 7.44. The number of benzene rings is 1. The number of aryl methyl sites for hydroxylation is 2. The maximum atomic E-state index is 12.0. The van der Waals surface area contributed by atoms with E-state index in [1.54, 1.807) is 27.9 Å². The van der Waals surface area contributed by atoms with Crippen LogP contribution in [0, 0.1) is 13.8 Å². The molecule has 126 valence electrons. The van der Waals surface area contributed by atoms with E-state index in [1.165, 1.54) is 0 Å². The summed E-state index contributed by atoms with van der Waals surface area (Å²) in [6.45, 7) is 5.19. The van der Waals surface area contributed by atoms with Gasteiger partial charge in [-0.3, -0.25) is 9.59 Å². The molecule has 2 rings (SSSR count).